The van der Waals surface area contributed by atoms with E-state index in [0.29, 0.717) is 12.5 Å². The van der Waals surface area contributed by atoms with Crippen molar-refractivity contribution in [3.05, 3.63) is 39.9 Å². The van der Waals surface area contributed by atoms with E-state index in [0.717, 1.165) is 12.8 Å². The van der Waals surface area contributed by atoms with Gasteiger partial charge < -0.3 is 11.1 Å². The van der Waals surface area contributed by atoms with Gasteiger partial charge in [0.15, 0.2) is 0 Å². The molecule has 6 heteroatoms. The predicted molar refractivity (Wildman–Crippen MR) is 66.1 cm³/mol. The Kier molecular flexibility index (Phi) is 3.57. The van der Waals surface area contributed by atoms with E-state index in [4.69, 9.17) is 5.73 Å². The highest BCUT2D eigenvalue weighted by atomic mass is 16.6. The van der Waals surface area contributed by atoms with Crippen LogP contribution in [-0.4, -0.2) is 23.4 Å². The summed E-state index contributed by atoms with van der Waals surface area (Å²) in [7, 11) is 0. The van der Waals surface area contributed by atoms with Crippen LogP contribution in [0.25, 0.3) is 0 Å². The number of carbonyl (C=O) groups is 1. The van der Waals surface area contributed by atoms with Crippen LogP contribution in [0.2, 0.25) is 0 Å². The number of nitrogens with one attached hydrogen (secondary N) is 1. The van der Waals surface area contributed by atoms with Crippen molar-refractivity contribution >= 4 is 11.6 Å². The number of nitrogens with two attached hydrogens (primary N) is 1. The number of benzene rings is 1. The van der Waals surface area contributed by atoms with Crippen LogP contribution in [-0.2, 0) is 0 Å². The van der Waals surface area contributed by atoms with Gasteiger partial charge in [0.05, 0.1) is 4.92 Å². The molecule has 1 unspecified atom stereocenters. The number of hydrogen-bond acceptors (Lipinski definition) is 4. The van der Waals surface area contributed by atoms with E-state index in [2.05, 4.69) is 5.32 Å². The third-order valence-corrected chi connectivity index (χ3v) is 3.07. The van der Waals surface area contributed by atoms with Crippen LogP contribution in [0.15, 0.2) is 24.3 Å². The van der Waals surface area contributed by atoms with E-state index in [-0.39, 0.29) is 17.3 Å². The van der Waals surface area contributed by atoms with Gasteiger partial charge in [-0.2, -0.15) is 0 Å². The minimum Gasteiger partial charge on any atom is -0.350 e. The molecule has 18 heavy (non-hydrogen) atoms. The molecule has 0 radical (unpaired) electrons. The zero-order chi connectivity index (χ0) is 13.1. The van der Waals surface area contributed by atoms with Crippen molar-refractivity contribution in [1.29, 1.82) is 0 Å². The number of nitrogens with zero attached hydrogens (tertiary/aromatic N) is 1. The largest absolute Gasteiger partial charge is 0.350 e. The minimum absolute atomic E-state index is 0.0586. The topological polar surface area (TPSA) is 98.3 Å². The Morgan fingerprint density at radius 2 is 2.17 bits per heavy atom. The quantitative estimate of drug-likeness (QED) is 0.602. The lowest BCUT2D eigenvalue weighted by Gasteiger charge is -2.11. The van der Waals surface area contributed by atoms with E-state index in [1.807, 2.05) is 0 Å². The Morgan fingerprint density at radius 1 is 1.50 bits per heavy atom. The Bertz CT molecular complexity index is 471. The zero-order valence-electron chi connectivity index (χ0n) is 9.83. The summed E-state index contributed by atoms with van der Waals surface area (Å²) < 4.78 is 0. The summed E-state index contributed by atoms with van der Waals surface area (Å²) in [6.07, 6.45) is 2.20. The third kappa shape index (κ3) is 2.84. The molecule has 1 amide bonds. The average Bonchev–Trinajstić information content (AvgIpc) is 3.19. The first-order valence-corrected chi connectivity index (χ1v) is 5.87. The van der Waals surface area contributed by atoms with Gasteiger partial charge >= 0.3 is 0 Å². The molecule has 0 aromatic heterocycles. The molecule has 1 aliphatic rings. The van der Waals surface area contributed by atoms with Crippen LogP contribution in [0.4, 0.5) is 5.69 Å². The van der Waals surface area contributed by atoms with Crippen molar-refractivity contribution in [2.75, 3.05) is 6.54 Å². The van der Waals surface area contributed by atoms with Gasteiger partial charge in [0.25, 0.3) is 11.6 Å². The maximum Gasteiger partial charge on any atom is 0.282 e. The first-order valence-electron chi connectivity index (χ1n) is 5.87. The van der Waals surface area contributed by atoms with Crippen LogP contribution >= 0.6 is 0 Å². The molecule has 1 atom stereocenters. The van der Waals surface area contributed by atoms with E-state index < -0.39 is 10.8 Å². The molecule has 0 bridgehead atoms. The number of rotatable bonds is 5. The van der Waals surface area contributed by atoms with Gasteiger partial charge in [0, 0.05) is 18.7 Å². The maximum absolute atomic E-state index is 11.8. The first kappa shape index (κ1) is 12.5. The Labute approximate surface area is 104 Å². The average molecular weight is 249 g/mol. The van der Waals surface area contributed by atoms with Gasteiger partial charge in [0.2, 0.25) is 0 Å². The molecule has 2 rings (SSSR count). The zero-order valence-corrected chi connectivity index (χ0v) is 9.83. The predicted octanol–water partition coefficient (Wildman–Crippen LogP) is 1.06. The summed E-state index contributed by atoms with van der Waals surface area (Å²) in [5, 5.41) is 13.4. The van der Waals surface area contributed by atoms with Crippen LogP contribution in [0.1, 0.15) is 23.2 Å². The van der Waals surface area contributed by atoms with Gasteiger partial charge in [-0.3, -0.25) is 14.9 Å². The molecule has 0 spiro atoms. The summed E-state index contributed by atoms with van der Waals surface area (Å²) in [5.74, 6) is 0.0365. The second kappa shape index (κ2) is 5.14. The highest BCUT2D eigenvalue weighted by Crippen LogP contribution is 2.31. The van der Waals surface area contributed by atoms with Crippen molar-refractivity contribution in [3.8, 4) is 0 Å². The van der Waals surface area contributed by atoms with E-state index in [1.54, 1.807) is 6.07 Å². The monoisotopic (exact) mass is 249 g/mol. The molecule has 0 aliphatic heterocycles. The van der Waals surface area contributed by atoms with Crippen molar-refractivity contribution in [1.82, 2.24) is 5.32 Å². The van der Waals surface area contributed by atoms with Crippen LogP contribution in [0, 0.1) is 16.0 Å². The molecular formula is C12H15N3O3. The molecule has 96 valence electrons. The molecule has 1 aromatic rings. The summed E-state index contributed by atoms with van der Waals surface area (Å²) >= 11 is 0. The molecule has 6 nitrogen and oxygen atoms in total. The van der Waals surface area contributed by atoms with Gasteiger partial charge in [-0.15, -0.1) is 0 Å². The summed E-state index contributed by atoms with van der Waals surface area (Å²) in [6, 6.07) is 5.83. The Balaban J connectivity index is 2.01. The summed E-state index contributed by atoms with van der Waals surface area (Å²) in [6.45, 7) is 0.357. The molecule has 3 N–H and O–H groups in total. The van der Waals surface area contributed by atoms with E-state index in [9.17, 15) is 14.9 Å². The van der Waals surface area contributed by atoms with Crippen LogP contribution < -0.4 is 11.1 Å². The highest BCUT2D eigenvalue weighted by molar-refractivity contribution is 5.98. The van der Waals surface area contributed by atoms with Gasteiger partial charge in [-0.05, 0) is 24.8 Å². The fourth-order valence-electron chi connectivity index (χ4n) is 1.82. The van der Waals surface area contributed by atoms with Crippen molar-refractivity contribution in [3.63, 3.8) is 0 Å². The summed E-state index contributed by atoms with van der Waals surface area (Å²) in [5.41, 5.74) is 5.74. The van der Waals surface area contributed by atoms with Crippen molar-refractivity contribution in [2.45, 2.75) is 18.9 Å². The lowest BCUT2D eigenvalue weighted by molar-refractivity contribution is -0.385. The van der Waals surface area contributed by atoms with E-state index in [1.165, 1.54) is 18.2 Å². The molecule has 1 saturated carbocycles. The second-order valence-corrected chi connectivity index (χ2v) is 4.49. The first-order chi connectivity index (χ1) is 8.59. The third-order valence-electron chi connectivity index (χ3n) is 3.07. The molecule has 0 saturated heterocycles. The van der Waals surface area contributed by atoms with Crippen LogP contribution in [0.3, 0.4) is 0 Å². The lowest BCUT2D eigenvalue weighted by Crippen LogP contribution is -2.38. The van der Waals surface area contributed by atoms with Gasteiger partial charge in [-0.1, -0.05) is 12.1 Å². The molecular weight excluding hydrogens is 234 g/mol. The highest BCUT2D eigenvalue weighted by Gasteiger charge is 2.29. The van der Waals surface area contributed by atoms with Crippen molar-refractivity contribution < 1.29 is 9.72 Å². The van der Waals surface area contributed by atoms with Crippen LogP contribution in [0.5, 0.6) is 0 Å². The lowest BCUT2D eigenvalue weighted by atomic mass is 10.1. The normalized spacial score (nSPS) is 16.1. The van der Waals surface area contributed by atoms with Crippen molar-refractivity contribution in [2.24, 2.45) is 11.7 Å². The second-order valence-electron chi connectivity index (χ2n) is 4.49. The molecule has 1 aromatic carbocycles. The van der Waals surface area contributed by atoms with Gasteiger partial charge in [0.1, 0.15) is 5.56 Å². The maximum atomic E-state index is 11.8. The van der Waals surface area contributed by atoms with E-state index >= 15 is 0 Å². The number of carbonyl (C=O) groups excluding carboxylic acids is 1. The number of para-hydroxylation sites is 1. The minimum atomic E-state index is -0.560. The SMILES string of the molecule is NC(CNC(=O)c1ccccc1[N+](=O)[O-])C1CC1. The molecule has 1 fully saturated rings. The number of hydrogen-bond donors (Lipinski definition) is 2. The number of nitro benzene ring substituents is 1. The standard InChI is InChI=1S/C12H15N3O3/c13-10(8-5-6-8)7-14-12(16)9-3-1-2-4-11(9)15(17)18/h1-4,8,10H,5-7,13H2,(H,14,16). The number of amides is 1. The fraction of sp³-hybridized carbons (Fsp3) is 0.417. The Hall–Kier alpha value is -1.95. The molecule has 0 heterocycles. The fourth-order valence-corrected chi connectivity index (χ4v) is 1.82. The summed E-state index contributed by atoms with van der Waals surface area (Å²) in [4.78, 5) is 22.1. The molecule has 1 aliphatic carbocycles. The smallest absolute Gasteiger partial charge is 0.282 e. The number of nitro groups is 1. The Morgan fingerprint density at radius 3 is 2.78 bits per heavy atom. The van der Waals surface area contributed by atoms with Gasteiger partial charge in [-0.25, -0.2) is 0 Å².